The summed E-state index contributed by atoms with van der Waals surface area (Å²) in [6.45, 7) is 0.259. The predicted molar refractivity (Wildman–Crippen MR) is 123 cm³/mol. The first-order chi connectivity index (χ1) is 15.9. The van der Waals surface area contributed by atoms with Crippen LogP contribution in [0.25, 0.3) is 0 Å². The van der Waals surface area contributed by atoms with E-state index in [1.54, 1.807) is 77.5 Å². The van der Waals surface area contributed by atoms with Gasteiger partial charge in [-0.2, -0.15) is 5.10 Å². The van der Waals surface area contributed by atoms with Gasteiger partial charge in [-0.25, -0.2) is 22.9 Å². The van der Waals surface area contributed by atoms with Crippen molar-refractivity contribution in [2.24, 2.45) is 0 Å². The minimum atomic E-state index is -3.54. The topological polar surface area (TPSA) is 91.2 Å². The molecule has 1 heterocycles. The molecular formula is C24H20ClN3O4S. The number of hydrogen-bond donors (Lipinski definition) is 0. The maximum atomic E-state index is 13.0. The zero-order chi connectivity index (χ0) is 23.3. The summed E-state index contributed by atoms with van der Waals surface area (Å²) in [5.74, 6) is -0.799. The number of carbonyl (C=O) groups is 1. The van der Waals surface area contributed by atoms with Gasteiger partial charge in [-0.1, -0.05) is 54.1 Å². The van der Waals surface area contributed by atoms with Crippen molar-refractivity contribution in [2.75, 3.05) is 0 Å². The number of carbonyl (C=O) groups excluding carboxylic acids is 1. The fourth-order valence-electron chi connectivity index (χ4n) is 3.30. The molecule has 0 saturated carbocycles. The van der Waals surface area contributed by atoms with Crippen molar-refractivity contribution in [2.45, 2.75) is 23.3 Å². The number of hydrogen-bond acceptors (Lipinski definition) is 6. The van der Waals surface area contributed by atoms with Crippen LogP contribution in [0, 0.1) is 0 Å². The number of nitrogens with zero attached hydrogens (tertiary/aromatic N) is 3. The Morgan fingerprint density at radius 3 is 2.45 bits per heavy atom. The van der Waals surface area contributed by atoms with E-state index in [-0.39, 0.29) is 22.8 Å². The average molecular weight is 482 g/mol. The first-order valence-corrected chi connectivity index (χ1v) is 12.1. The van der Waals surface area contributed by atoms with Gasteiger partial charge in [0.2, 0.25) is 0 Å². The molecule has 0 aliphatic rings. The minimum absolute atomic E-state index is 0.225. The Morgan fingerprint density at radius 2 is 1.76 bits per heavy atom. The number of benzene rings is 3. The van der Waals surface area contributed by atoms with Crippen LogP contribution in [0.5, 0.6) is 0 Å². The van der Waals surface area contributed by atoms with Crippen LogP contribution in [0.4, 0.5) is 0 Å². The molecule has 1 aromatic heterocycles. The number of sulfone groups is 1. The minimum Gasteiger partial charge on any atom is -0.452 e. The van der Waals surface area contributed by atoms with Gasteiger partial charge in [0.05, 0.1) is 22.8 Å². The third-order valence-electron chi connectivity index (χ3n) is 4.93. The Bertz CT molecular complexity index is 1330. The zero-order valence-corrected chi connectivity index (χ0v) is 19.0. The van der Waals surface area contributed by atoms with Crippen LogP contribution in [0.2, 0.25) is 5.02 Å². The van der Waals surface area contributed by atoms with Gasteiger partial charge >= 0.3 is 5.97 Å². The molecule has 0 fully saturated rings. The second-order valence-electron chi connectivity index (χ2n) is 7.34. The molecule has 0 radical (unpaired) electrons. The smallest absolute Gasteiger partial charge is 0.338 e. The van der Waals surface area contributed by atoms with E-state index in [0.717, 1.165) is 5.56 Å². The van der Waals surface area contributed by atoms with Crippen molar-refractivity contribution >= 4 is 27.4 Å². The molecule has 0 spiro atoms. The van der Waals surface area contributed by atoms with E-state index in [2.05, 4.69) is 10.1 Å². The fourth-order valence-corrected chi connectivity index (χ4v) is 4.78. The third-order valence-corrected chi connectivity index (χ3v) is 6.89. The van der Waals surface area contributed by atoms with Gasteiger partial charge in [-0.15, -0.1) is 0 Å². The molecule has 168 valence electrons. The summed E-state index contributed by atoms with van der Waals surface area (Å²) >= 11 is 5.99. The molecule has 0 saturated heterocycles. The highest BCUT2D eigenvalue weighted by Gasteiger charge is 2.21. The van der Waals surface area contributed by atoms with Crippen LogP contribution >= 0.6 is 11.6 Å². The molecule has 4 aromatic rings. The van der Waals surface area contributed by atoms with Crippen molar-refractivity contribution in [1.82, 2.24) is 14.8 Å². The molecule has 33 heavy (non-hydrogen) atoms. The third kappa shape index (κ3) is 5.85. The number of halogens is 1. The van der Waals surface area contributed by atoms with Crippen molar-refractivity contribution < 1.29 is 17.9 Å². The van der Waals surface area contributed by atoms with E-state index in [0.29, 0.717) is 10.6 Å². The van der Waals surface area contributed by atoms with Crippen molar-refractivity contribution in [1.29, 1.82) is 0 Å². The fraction of sp³-hybridized carbons (Fsp3) is 0.125. The molecule has 0 aliphatic heterocycles. The molecule has 0 N–H and O–H groups in total. The monoisotopic (exact) mass is 481 g/mol. The van der Waals surface area contributed by atoms with Crippen LogP contribution in [0.15, 0.2) is 96.4 Å². The van der Waals surface area contributed by atoms with E-state index >= 15 is 0 Å². The molecule has 9 heteroatoms. The highest BCUT2D eigenvalue weighted by Crippen LogP contribution is 2.24. The molecule has 1 atom stereocenters. The maximum absolute atomic E-state index is 13.0. The predicted octanol–water partition coefficient (Wildman–Crippen LogP) is 4.50. The summed E-state index contributed by atoms with van der Waals surface area (Å²) in [5.41, 5.74) is 1.49. The molecule has 1 unspecified atom stereocenters. The lowest BCUT2D eigenvalue weighted by atomic mass is 10.1. The van der Waals surface area contributed by atoms with E-state index in [9.17, 15) is 13.2 Å². The summed E-state index contributed by atoms with van der Waals surface area (Å²) < 4.78 is 32.8. The van der Waals surface area contributed by atoms with E-state index in [1.165, 1.54) is 18.7 Å². The summed E-state index contributed by atoms with van der Waals surface area (Å²) in [5, 5.41) is 4.65. The van der Waals surface area contributed by atoms with Gasteiger partial charge in [0.1, 0.15) is 18.8 Å². The van der Waals surface area contributed by atoms with Crippen LogP contribution in [-0.2, 0) is 26.9 Å². The van der Waals surface area contributed by atoms with Crippen molar-refractivity contribution in [3.63, 3.8) is 0 Å². The zero-order valence-electron chi connectivity index (χ0n) is 17.4. The quantitative estimate of drug-likeness (QED) is 0.344. The Balaban J connectivity index is 1.54. The van der Waals surface area contributed by atoms with Gasteiger partial charge in [0, 0.05) is 5.02 Å². The van der Waals surface area contributed by atoms with Crippen LogP contribution in [-0.4, -0.2) is 29.2 Å². The first kappa shape index (κ1) is 22.7. The van der Waals surface area contributed by atoms with Crippen molar-refractivity contribution in [3.8, 4) is 0 Å². The number of ether oxygens (including phenoxy) is 1. The van der Waals surface area contributed by atoms with Gasteiger partial charge in [0.15, 0.2) is 9.84 Å². The Hall–Kier alpha value is -3.49. The van der Waals surface area contributed by atoms with Gasteiger partial charge in [-0.3, -0.25) is 0 Å². The first-order valence-electron chi connectivity index (χ1n) is 10.1. The number of aromatic nitrogens is 3. The Morgan fingerprint density at radius 1 is 1.00 bits per heavy atom. The normalized spacial score (nSPS) is 12.3. The second kappa shape index (κ2) is 9.97. The van der Waals surface area contributed by atoms with E-state index < -0.39 is 21.9 Å². The summed E-state index contributed by atoms with van der Waals surface area (Å²) in [6.07, 6.45) is 2.29. The van der Waals surface area contributed by atoms with Crippen molar-refractivity contribution in [3.05, 3.63) is 113 Å². The summed E-state index contributed by atoms with van der Waals surface area (Å²) in [6, 6.07) is 21.6. The van der Waals surface area contributed by atoms with Crippen LogP contribution < -0.4 is 0 Å². The molecule has 7 nitrogen and oxygen atoms in total. The molecule has 0 amide bonds. The molecule has 3 aromatic carbocycles. The lowest BCUT2D eigenvalue weighted by Gasteiger charge is -2.18. The Labute approximate surface area is 196 Å². The highest BCUT2D eigenvalue weighted by molar-refractivity contribution is 7.90. The number of esters is 1. The largest absolute Gasteiger partial charge is 0.452 e. The highest BCUT2D eigenvalue weighted by atomic mass is 35.5. The SMILES string of the molecule is O=C(OC(Cn1cncn1)c1ccc(Cl)cc1)c1cccc(CS(=O)(=O)c2ccccc2)c1. The maximum Gasteiger partial charge on any atom is 0.338 e. The molecular weight excluding hydrogens is 462 g/mol. The van der Waals surface area contributed by atoms with Crippen LogP contribution in [0.1, 0.15) is 27.6 Å². The second-order valence-corrected chi connectivity index (χ2v) is 9.76. The Kier molecular flexibility index (Phi) is 6.86. The molecule has 0 aliphatic carbocycles. The summed E-state index contributed by atoms with van der Waals surface area (Å²) in [7, 11) is -3.54. The van der Waals surface area contributed by atoms with E-state index in [4.69, 9.17) is 16.3 Å². The van der Waals surface area contributed by atoms with E-state index in [1.807, 2.05) is 0 Å². The van der Waals surface area contributed by atoms with Gasteiger partial charge in [0.25, 0.3) is 0 Å². The lowest BCUT2D eigenvalue weighted by Crippen LogP contribution is -2.18. The van der Waals surface area contributed by atoms with Gasteiger partial charge < -0.3 is 4.74 Å². The molecule has 0 bridgehead atoms. The lowest BCUT2D eigenvalue weighted by molar-refractivity contribution is 0.0246. The van der Waals surface area contributed by atoms with Gasteiger partial charge in [-0.05, 0) is 47.5 Å². The standard InChI is InChI=1S/C24H20ClN3O4S/c25-21-11-9-19(10-12-21)23(14-28-17-26-16-27-28)32-24(29)20-6-4-5-18(13-20)15-33(30,31)22-7-2-1-3-8-22/h1-13,16-17,23H,14-15H2. The average Bonchev–Trinajstić information content (AvgIpc) is 3.33. The summed E-state index contributed by atoms with van der Waals surface area (Å²) in [4.78, 5) is 17.1. The van der Waals surface area contributed by atoms with Crippen LogP contribution in [0.3, 0.4) is 0 Å². The number of rotatable bonds is 8. The molecule has 4 rings (SSSR count).